The molecule has 0 aliphatic heterocycles. The first-order valence-electron chi connectivity index (χ1n) is 5.32. The van der Waals surface area contributed by atoms with E-state index in [4.69, 9.17) is 11.6 Å². The maximum Gasteiger partial charge on any atom is 0.224 e. The summed E-state index contributed by atoms with van der Waals surface area (Å²) in [5, 5.41) is 3.65. The van der Waals surface area contributed by atoms with E-state index in [-0.39, 0.29) is 0 Å². The molecule has 0 aromatic carbocycles. The van der Waals surface area contributed by atoms with Gasteiger partial charge in [0.1, 0.15) is 5.82 Å². The van der Waals surface area contributed by atoms with Crippen molar-refractivity contribution in [3.63, 3.8) is 0 Å². The van der Waals surface area contributed by atoms with Crippen molar-refractivity contribution in [1.29, 1.82) is 0 Å². The van der Waals surface area contributed by atoms with E-state index >= 15 is 0 Å². The van der Waals surface area contributed by atoms with E-state index in [0.717, 1.165) is 18.1 Å². The van der Waals surface area contributed by atoms with E-state index in [1.807, 2.05) is 13.0 Å². The molecule has 2 rings (SSSR count). The molecule has 0 amide bonds. The number of halogens is 1. The van der Waals surface area contributed by atoms with Gasteiger partial charge in [0.2, 0.25) is 5.28 Å². The first kappa shape index (κ1) is 10.7. The van der Waals surface area contributed by atoms with Crippen LogP contribution in [0.2, 0.25) is 5.28 Å². The molecule has 0 bridgehead atoms. The van der Waals surface area contributed by atoms with Gasteiger partial charge in [0.05, 0.1) is 0 Å². The Labute approximate surface area is 95.3 Å². The van der Waals surface area contributed by atoms with E-state index in [0.29, 0.717) is 10.7 Å². The van der Waals surface area contributed by atoms with Gasteiger partial charge in [0.25, 0.3) is 0 Å². The van der Waals surface area contributed by atoms with Gasteiger partial charge in [-0.2, -0.15) is 0 Å². The lowest BCUT2D eigenvalue weighted by Gasteiger charge is -2.38. The molecule has 1 saturated carbocycles. The summed E-state index contributed by atoms with van der Waals surface area (Å²) < 4.78 is 0. The number of anilines is 1. The topological polar surface area (TPSA) is 37.8 Å². The number of aryl methyl sites for hydroxylation is 1. The molecule has 4 heteroatoms. The molecule has 15 heavy (non-hydrogen) atoms. The molecule has 1 aliphatic carbocycles. The highest BCUT2D eigenvalue weighted by Crippen LogP contribution is 2.40. The smallest absolute Gasteiger partial charge is 0.224 e. The minimum Gasteiger partial charge on any atom is -0.369 e. The van der Waals surface area contributed by atoms with Crippen molar-refractivity contribution in [2.24, 2.45) is 5.41 Å². The predicted molar refractivity (Wildman–Crippen MR) is 62.2 cm³/mol. The van der Waals surface area contributed by atoms with Crippen molar-refractivity contribution in [2.45, 2.75) is 33.1 Å². The molecule has 1 N–H and O–H groups in total. The molecule has 1 heterocycles. The molecule has 0 spiro atoms. The second-order valence-electron chi connectivity index (χ2n) is 4.68. The Morgan fingerprint density at radius 1 is 1.47 bits per heavy atom. The number of hydrogen-bond donors (Lipinski definition) is 1. The van der Waals surface area contributed by atoms with E-state index < -0.39 is 0 Å². The van der Waals surface area contributed by atoms with Crippen molar-refractivity contribution in [1.82, 2.24) is 9.97 Å². The number of rotatable bonds is 3. The Bertz CT molecular complexity index is 341. The summed E-state index contributed by atoms with van der Waals surface area (Å²) in [7, 11) is 0. The van der Waals surface area contributed by atoms with Crippen LogP contribution in [0.5, 0.6) is 0 Å². The highest BCUT2D eigenvalue weighted by Gasteiger charge is 2.31. The van der Waals surface area contributed by atoms with Crippen molar-refractivity contribution >= 4 is 17.4 Å². The van der Waals surface area contributed by atoms with Crippen LogP contribution in [0, 0.1) is 12.3 Å². The van der Waals surface area contributed by atoms with E-state index in [2.05, 4.69) is 22.2 Å². The quantitative estimate of drug-likeness (QED) is 0.804. The van der Waals surface area contributed by atoms with Gasteiger partial charge in [-0.05, 0) is 36.8 Å². The van der Waals surface area contributed by atoms with Crippen LogP contribution >= 0.6 is 11.6 Å². The zero-order valence-corrected chi connectivity index (χ0v) is 9.93. The Morgan fingerprint density at radius 2 is 2.20 bits per heavy atom. The fourth-order valence-electron chi connectivity index (χ4n) is 1.88. The Morgan fingerprint density at radius 3 is 2.73 bits per heavy atom. The highest BCUT2D eigenvalue weighted by atomic mass is 35.5. The molecule has 0 atom stereocenters. The second kappa shape index (κ2) is 3.97. The molecule has 1 aliphatic rings. The van der Waals surface area contributed by atoms with E-state index in [9.17, 15) is 0 Å². The number of nitrogens with one attached hydrogen (secondary N) is 1. The third-order valence-corrected chi connectivity index (χ3v) is 3.25. The van der Waals surface area contributed by atoms with Gasteiger partial charge in [-0.1, -0.05) is 13.3 Å². The lowest BCUT2D eigenvalue weighted by molar-refractivity contribution is 0.180. The summed E-state index contributed by atoms with van der Waals surface area (Å²) in [6, 6.07) is 1.92. The summed E-state index contributed by atoms with van der Waals surface area (Å²) in [6.07, 6.45) is 3.96. The molecule has 3 nitrogen and oxygen atoms in total. The van der Waals surface area contributed by atoms with Gasteiger partial charge in [0, 0.05) is 18.3 Å². The fraction of sp³-hybridized carbons (Fsp3) is 0.636. The summed E-state index contributed by atoms with van der Waals surface area (Å²) in [4.78, 5) is 8.17. The third-order valence-electron chi connectivity index (χ3n) is 3.08. The number of aromatic nitrogens is 2. The average molecular weight is 226 g/mol. The zero-order valence-electron chi connectivity index (χ0n) is 9.18. The molecule has 1 aromatic heterocycles. The monoisotopic (exact) mass is 225 g/mol. The van der Waals surface area contributed by atoms with Crippen LogP contribution in [0.1, 0.15) is 31.9 Å². The molecule has 0 saturated heterocycles. The Kier molecular flexibility index (Phi) is 2.83. The van der Waals surface area contributed by atoms with Gasteiger partial charge in [-0.3, -0.25) is 0 Å². The number of hydrogen-bond acceptors (Lipinski definition) is 3. The van der Waals surface area contributed by atoms with Crippen LogP contribution in [0.15, 0.2) is 6.07 Å². The summed E-state index contributed by atoms with van der Waals surface area (Å²) in [5.41, 5.74) is 1.35. The van der Waals surface area contributed by atoms with Crippen LogP contribution < -0.4 is 5.32 Å². The lowest BCUT2D eigenvalue weighted by Crippen LogP contribution is -2.33. The fourth-order valence-corrected chi connectivity index (χ4v) is 2.11. The van der Waals surface area contributed by atoms with E-state index in [1.54, 1.807) is 0 Å². The predicted octanol–water partition coefficient (Wildman–Crippen LogP) is 3.04. The highest BCUT2D eigenvalue weighted by molar-refractivity contribution is 6.28. The lowest BCUT2D eigenvalue weighted by atomic mass is 9.70. The van der Waals surface area contributed by atoms with Crippen molar-refractivity contribution < 1.29 is 0 Å². The summed E-state index contributed by atoms with van der Waals surface area (Å²) >= 11 is 5.79. The summed E-state index contributed by atoms with van der Waals surface area (Å²) in [6.45, 7) is 5.20. The van der Waals surface area contributed by atoms with Crippen LogP contribution in [-0.4, -0.2) is 16.5 Å². The van der Waals surface area contributed by atoms with Crippen molar-refractivity contribution in [3.8, 4) is 0 Å². The minimum absolute atomic E-state index is 0.316. The minimum atomic E-state index is 0.316. The normalized spacial score (nSPS) is 18.3. The maximum atomic E-state index is 5.79. The molecule has 1 aromatic rings. The van der Waals surface area contributed by atoms with Crippen LogP contribution in [0.4, 0.5) is 5.82 Å². The Balaban J connectivity index is 1.98. The SMILES string of the molecule is Cc1cc(NCC2(C)CCC2)nc(Cl)n1. The van der Waals surface area contributed by atoms with Crippen molar-refractivity contribution in [3.05, 3.63) is 17.0 Å². The largest absolute Gasteiger partial charge is 0.369 e. The molecule has 1 fully saturated rings. The molecular weight excluding hydrogens is 210 g/mol. The van der Waals surface area contributed by atoms with Gasteiger partial charge >= 0.3 is 0 Å². The maximum absolute atomic E-state index is 5.79. The van der Waals surface area contributed by atoms with Crippen molar-refractivity contribution in [2.75, 3.05) is 11.9 Å². The molecular formula is C11H16ClN3. The van der Waals surface area contributed by atoms with Gasteiger partial charge < -0.3 is 5.32 Å². The van der Waals surface area contributed by atoms with E-state index in [1.165, 1.54) is 19.3 Å². The van der Waals surface area contributed by atoms with Crippen LogP contribution in [0.25, 0.3) is 0 Å². The standard InChI is InChI=1S/C11H16ClN3/c1-8-6-9(15-10(12)14-8)13-7-11(2)4-3-5-11/h6H,3-5,7H2,1-2H3,(H,13,14,15). The van der Waals surface area contributed by atoms with Crippen LogP contribution in [0.3, 0.4) is 0 Å². The first-order valence-corrected chi connectivity index (χ1v) is 5.70. The third kappa shape index (κ3) is 2.59. The second-order valence-corrected chi connectivity index (χ2v) is 5.02. The number of nitrogens with zero attached hydrogens (tertiary/aromatic N) is 2. The zero-order chi connectivity index (χ0) is 10.9. The Hall–Kier alpha value is -0.830. The summed E-state index contributed by atoms with van der Waals surface area (Å²) in [5.74, 6) is 0.834. The van der Waals surface area contributed by atoms with Gasteiger partial charge in [-0.25, -0.2) is 9.97 Å². The first-order chi connectivity index (χ1) is 7.07. The molecule has 82 valence electrons. The van der Waals surface area contributed by atoms with Crippen LogP contribution in [-0.2, 0) is 0 Å². The molecule has 0 radical (unpaired) electrons. The molecule has 0 unspecified atom stereocenters. The average Bonchev–Trinajstić information content (AvgIpc) is 2.10. The van der Waals surface area contributed by atoms with Gasteiger partial charge in [-0.15, -0.1) is 0 Å². The van der Waals surface area contributed by atoms with Gasteiger partial charge in [0.15, 0.2) is 0 Å².